The third kappa shape index (κ3) is 8.09. The van der Waals surface area contributed by atoms with Crippen LogP contribution in [0.2, 0.25) is 0 Å². The maximum absolute atomic E-state index is 5.48. The Hall–Kier alpha value is -1.06. The van der Waals surface area contributed by atoms with Gasteiger partial charge < -0.3 is 20.3 Å². The molecule has 2 aliphatic rings. The third-order valence-electron chi connectivity index (χ3n) is 6.29. The predicted molar refractivity (Wildman–Crippen MR) is 141 cm³/mol. The second kappa shape index (κ2) is 14.2. The van der Waals surface area contributed by atoms with Gasteiger partial charge in [-0.1, -0.05) is 19.1 Å². The van der Waals surface area contributed by atoms with Gasteiger partial charge in [-0.25, -0.2) is 0 Å². The number of aliphatic imine (C=N–C) groups is 1. The van der Waals surface area contributed by atoms with E-state index in [0.717, 1.165) is 37.9 Å². The first-order valence-corrected chi connectivity index (χ1v) is 11.9. The van der Waals surface area contributed by atoms with Crippen LogP contribution in [0.15, 0.2) is 29.3 Å². The molecule has 1 aromatic carbocycles. The number of guanidine groups is 1. The number of piperidine rings is 1. The summed E-state index contributed by atoms with van der Waals surface area (Å²) in [5.74, 6) is 1.88. The lowest BCUT2D eigenvalue weighted by Gasteiger charge is -2.33. The SMILES string of the molecule is CCCN1CCC(NC(=NCC(c2cccc(OC)c2)N2CCCC2)NCC)CC1.I. The van der Waals surface area contributed by atoms with Gasteiger partial charge in [0, 0.05) is 25.7 Å². The van der Waals surface area contributed by atoms with Crippen molar-refractivity contribution in [2.45, 2.75) is 58.0 Å². The molecule has 176 valence electrons. The number of hydrogen-bond donors (Lipinski definition) is 2. The molecule has 2 fully saturated rings. The van der Waals surface area contributed by atoms with E-state index in [0.29, 0.717) is 12.1 Å². The average Bonchev–Trinajstić information content (AvgIpc) is 3.30. The molecule has 0 radical (unpaired) electrons. The zero-order valence-electron chi connectivity index (χ0n) is 19.6. The smallest absolute Gasteiger partial charge is 0.191 e. The van der Waals surface area contributed by atoms with Gasteiger partial charge in [0.1, 0.15) is 5.75 Å². The van der Waals surface area contributed by atoms with E-state index >= 15 is 0 Å². The van der Waals surface area contributed by atoms with Crippen LogP contribution >= 0.6 is 24.0 Å². The molecule has 0 spiro atoms. The first-order valence-electron chi connectivity index (χ1n) is 11.9. The van der Waals surface area contributed by atoms with Crippen molar-refractivity contribution in [3.8, 4) is 5.75 Å². The Morgan fingerprint density at radius 2 is 1.90 bits per heavy atom. The van der Waals surface area contributed by atoms with Crippen molar-refractivity contribution in [1.29, 1.82) is 0 Å². The van der Waals surface area contributed by atoms with Crippen molar-refractivity contribution in [2.24, 2.45) is 4.99 Å². The highest BCUT2D eigenvalue weighted by atomic mass is 127. The highest BCUT2D eigenvalue weighted by molar-refractivity contribution is 14.0. The first-order chi connectivity index (χ1) is 14.7. The number of ether oxygens (including phenoxy) is 1. The Morgan fingerprint density at radius 3 is 2.55 bits per heavy atom. The van der Waals surface area contributed by atoms with Gasteiger partial charge in [-0.2, -0.15) is 0 Å². The number of methoxy groups -OCH3 is 1. The fourth-order valence-corrected chi connectivity index (χ4v) is 4.64. The van der Waals surface area contributed by atoms with E-state index in [4.69, 9.17) is 9.73 Å². The number of rotatable bonds is 9. The lowest BCUT2D eigenvalue weighted by atomic mass is 10.0. The number of hydrogen-bond acceptors (Lipinski definition) is 4. The maximum atomic E-state index is 5.48. The molecule has 2 aliphatic heterocycles. The van der Waals surface area contributed by atoms with Crippen LogP contribution in [0, 0.1) is 0 Å². The molecular weight excluding hydrogens is 501 g/mol. The van der Waals surface area contributed by atoms with Crippen molar-refractivity contribution in [2.75, 3.05) is 52.9 Å². The quantitative estimate of drug-likeness (QED) is 0.282. The molecule has 2 N–H and O–H groups in total. The zero-order valence-corrected chi connectivity index (χ0v) is 21.9. The van der Waals surface area contributed by atoms with E-state index in [9.17, 15) is 0 Å². The molecule has 0 aromatic heterocycles. The van der Waals surface area contributed by atoms with Gasteiger partial charge >= 0.3 is 0 Å². The summed E-state index contributed by atoms with van der Waals surface area (Å²) < 4.78 is 5.48. The lowest BCUT2D eigenvalue weighted by Crippen LogP contribution is -2.49. The highest BCUT2D eigenvalue weighted by Gasteiger charge is 2.24. The molecule has 7 heteroatoms. The average molecular weight is 544 g/mol. The van der Waals surface area contributed by atoms with E-state index < -0.39 is 0 Å². The molecule has 6 nitrogen and oxygen atoms in total. The fraction of sp³-hybridized carbons (Fsp3) is 0.708. The molecule has 1 aromatic rings. The Kier molecular flexibility index (Phi) is 12.0. The largest absolute Gasteiger partial charge is 0.497 e. The normalized spacial score (nSPS) is 19.6. The number of likely N-dealkylation sites (tertiary alicyclic amines) is 2. The van der Waals surface area contributed by atoms with Gasteiger partial charge in [-0.05, 0) is 76.4 Å². The highest BCUT2D eigenvalue weighted by Crippen LogP contribution is 2.28. The summed E-state index contributed by atoms with van der Waals surface area (Å²) in [5.41, 5.74) is 1.30. The van der Waals surface area contributed by atoms with Crippen LogP contribution in [0.1, 0.15) is 57.6 Å². The molecule has 0 bridgehead atoms. The zero-order chi connectivity index (χ0) is 21.2. The van der Waals surface area contributed by atoms with Crippen LogP contribution in [0.3, 0.4) is 0 Å². The molecule has 31 heavy (non-hydrogen) atoms. The van der Waals surface area contributed by atoms with Crippen molar-refractivity contribution in [3.05, 3.63) is 29.8 Å². The van der Waals surface area contributed by atoms with E-state index in [1.807, 2.05) is 6.07 Å². The number of benzene rings is 1. The second-order valence-electron chi connectivity index (χ2n) is 8.52. The topological polar surface area (TPSA) is 52.1 Å². The molecular formula is C24H42IN5O. The summed E-state index contributed by atoms with van der Waals surface area (Å²) in [5, 5.41) is 7.18. The van der Waals surface area contributed by atoms with Crippen molar-refractivity contribution >= 4 is 29.9 Å². The van der Waals surface area contributed by atoms with Crippen molar-refractivity contribution in [1.82, 2.24) is 20.4 Å². The third-order valence-corrected chi connectivity index (χ3v) is 6.29. The molecule has 3 rings (SSSR count). The summed E-state index contributed by atoms with van der Waals surface area (Å²) in [4.78, 5) is 10.2. The summed E-state index contributed by atoms with van der Waals surface area (Å²) in [6.07, 6.45) is 6.17. The lowest BCUT2D eigenvalue weighted by molar-refractivity contribution is 0.206. The second-order valence-corrected chi connectivity index (χ2v) is 8.52. The number of nitrogens with one attached hydrogen (secondary N) is 2. The molecule has 0 aliphatic carbocycles. The molecule has 1 unspecified atom stereocenters. The predicted octanol–water partition coefficient (Wildman–Crippen LogP) is 3.88. The van der Waals surface area contributed by atoms with E-state index in [2.05, 4.69) is 52.5 Å². The summed E-state index contributed by atoms with van der Waals surface area (Å²) in [6, 6.07) is 9.30. The van der Waals surface area contributed by atoms with Crippen LogP contribution in [-0.2, 0) is 0 Å². The minimum atomic E-state index is 0. The Labute approximate surface area is 206 Å². The van der Waals surface area contributed by atoms with Gasteiger partial charge in [-0.3, -0.25) is 9.89 Å². The van der Waals surface area contributed by atoms with Crippen LogP contribution < -0.4 is 15.4 Å². The molecule has 0 saturated carbocycles. The maximum Gasteiger partial charge on any atom is 0.191 e. The van der Waals surface area contributed by atoms with Gasteiger partial charge in [-0.15, -0.1) is 24.0 Å². The van der Waals surface area contributed by atoms with Gasteiger partial charge in [0.05, 0.1) is 19.7 Å². The minimum Gasteiger partial charge on any atom is -0.497 e. The Bertz CT molecular complexity index is 657. The first kappa shape index (κ1) is 26.2. The Morgan fingerprint density at radius 1 is 1.16 bits per heavy atom. The standard InChI is InChI=1S/C24H41N5O.HI/c1-4-13-28-16-11-21(12-17-28)27-24(25-5-2)26-19-23(29-14-6-7-15-29)20-9-8-10-22(18-20)30-3;/h8-10,18,21,23H,4-7,11-17,19H2,1-3H3,(H2,25,26,27);1H. The van der Waals surface area contributed by atoms with Crippen LogP contribution in [0.5, 0.6) is 5.75 Å². The fourth-order valence-electron chi connectivity index (χ4n) is 4.64. The van der Waals surface area contributed by atoms with E-state index in [-0.39, 0.29) is 24.0 Å². The van der Waals surface area contributed by atoms with E-state index in [1.54, 1.807) is 7.11 Å². The minimum absolute atomic E-state index is 0. The van der Waals surface area contributed by atoms with Crippen molar-refractivity contribution < 1.29 is 4.74 Å². The monoisotopic (exact) mass is 543 g/mol. The molecule has 1 atom stereocenters. The van der Waals surface area contributed by atoms with E-state index in [1.165, 1.54) is 57.3 Å². The van der Waals surface area contributed by atoms with Crippen LogP contribution in [-0.4, -0.2) is 74.7 Å². The summed E-state index contributed by atoms with van der Waals surface area (Å²) >= 11 is 0. The molecule has 0 amide bonds. The summed E-state index contributed by atoms with van der Waals surface area (Å²) in [7, 11) is 1.74. The van der Waals surface area contributed by atoms with Gasteiger partial charge in [0.2, 0.25) is 0 Å². The van der Waals surface area contributed by atoms with Gasteiger partial charge in [0.15, 0.2) is 5.96 Å². The van der Waals surface area contributed by atoms with Crippen LogP contribution in [0.4, 0.5) is 0 Å². The Balaban J connectivity index is 0.00000341. The number of halogens is 1. The van der Waals surface area contributed by atoms with Crippen molar-refractivity contribution in [3.63, 3.8) is 0 Å². The molecule has 2 heterocycles. The number of nitrogens with zero attached hydrogens (tertiary/aromatic N) is 3. The van der Waals surface area contributed by atoms with Gasteiger partial charge in [0.25, 0.3) is 0 Å². The summed E-state index contributed by atoms with van der Waals surface area (Å²) in [6.45, 7) is 11.9. The van der Waals surface area contributed by atoms with Crippen LogP contribution in [0.25, 0.3) is 0 Å². The molecule has 2 saturated heterocycles.